The Labute approximate surface area is 175 Å². The molecule has 0 aromatic heterocycles. The van der Waals surface area contributed by atoms with E-state index < -0.39 is 0 Å². The summed E-state index contributed by atoms with van der Waals surface area (Å²) in [4.78, 5) is 7.21. The van der Waals surface area contributed by atoms with Gasteiger partial charge in [0.1, 0.15) is 0 Å². The summed E-state index contributed by atoms with van der Waals surface area (Å²) in [5, 5.41) is 6.81. The van der Waals surface area contributed by atoms with Gasteiger partial charge in [-0.1, -0.05) is 24.3 Å². The van der Waals surface area contributed by atoms with Crippen molar-refractivity contribution < 1.29 is 14.2 Å². The van der Waals surface area contributed by atoms with Crippen molar-refractivity contribution in [2.45, 2.75) is 40.0 Å². The van der Waals surface area contributed by atoms with Gasteiger partial charge in [-0.25, -0.2) is 4.99 Å². The number of morpholine rings is 1. The zero-order chi connectivity index (χ0) is 20.7. The Morgan fingerprint density at radius 3 is 2.66 bits per heavy atom. The fourth-order valence-corrected chi connectivity index (χ4v) is 3.17. The molecule has 2 rings (SSSR count). The highest BCUT2D eigenvalue weighted by Gasteiger charge is 2.16. The first-order valence-corrected chi connectivity index (χ1v) is 10.8. The molecular formula is C22H38N4O3. The van der Waals surface area contributed by atoms with Gasteiger partial charge in [-0.05, 0) is 31.9 Å². The van der Waals surface area contributed by atoms with Crippen LogP contribution in [0.15, 0.2) is 29.3 Å². The summed E-state index contributed by atoms with van der Waals surface area (Å²) in [6.07, 6.45) is 0. The lowest BCUT2D eigenvalue weighted by Gasteiger charge is -2.32. The van der Waals surface area contributed by atoms with E-state index in [4.69, 9.17) is 19.2 Å². The van der Waals surface area contributed by atoms with E-state index >= 15 is 0 Å². The molecule has 0 bridgehead atoms. The molecule has 0 radical (unpaired) electrons. The molecule has 1 saturated heterocycles. The maximum Gasteiger partial charge on any atom is 0.191 e. The number of nitrogens with zero attached hydrogens (tertiary/aromatic N) is 2. The summed E-state index contributed by atoms with van der Waals surface area (Å²) < 4.78 is 16.4. The van der Waals surface area contributed by atoms with Gasteiger partial charge >= 0.3 is 0 Å². The molecule has 1 unspecified atom stereocenters. The lowest BCUT2D eigenvalue weighted by molar-refractivity contribution is 0.0211. The monoisotopic (exact) mass is 406 g/mol. The first-order chi connectivity index (χ1) is 14.2. The second kappa shape index (κ2) is 14.3. The molecule has 1 aromatic rings. The average Bonchev–Trinajstić information content (AvgIpc) is 2.76. The standard InChI is InChI=1S/C22H38N4O3/c1-4-23-22(24-16-19(3)26-9-11-28-12-10-26)25-17-20-7-6-8-21(15-20)18-29-14-13-27-5-2/h6-8,15,19H,4-5,9-14,16-18H2,1-3H3,(H2,23,24,25). The molecule has 1 fully saturated rings. The first-order valence-electron chi connectivity index (χ1n) is 10.8. The van der Waals surface area contributed by atoms with Gasteiger partial charge in [0.25, 0.3) is 0 Å². The number of benzene rings is 1. The van der Waals surface area contributed by atoms with Gasteiger partial charge in [-0.3, -0.25) is 4.90 Å². The summed E-state index contributed by atoms with van der Waals surface area (Å²) in [5.41, 5.74) is 2.34. The van der Waals surface area contributed by atoms with Crippen LogP contribution in [0.5, 0.6) is 0 Å². The van der Waals surface area contributed by atoms with Crippen molar-refractivity contribution in [2.24, 2.45) is 4.99 Å². The third kappa shape index (κ3) is 9.58. The molecule has 0 spiro atoms. The minimum Gasteiger partial charge on any atom is -0.379 e. The Bertz CT molecular complexity index is 591. The Kier molecular flexibility index (Phi) is 11.7. The van der Waals surface area contributed by atoms with Crippen LogP contribution in [0.3, 0.4) is 0 Å². The van der Waals surface area contributed by atoms with E-state index in [-0.39, 0.29) is 0 Å². The van der Waals surface area contributed by atoms with Gasteiger partial charge in [0.15, 0.2) is 5.96 Å². The molecule has 0 amide bonds. The predicted octanol–water partition coefficient (Wildman–Crippen LogP) is 2.02. The van der Waals surface area contributed by atoms with E-state index in [1.165, 1.54) is 5.56 Å². The Hall–Kier alpha value is -1.67. The third-order valence-corrected chi connectivity index (χ3v) is 4.83. The Morgan fingerprint density at radius 2 is 1.90 bits per heavy atom. The van der Waals surface area contributed by atoms with E-state index in [2.05, 4.69) is 53.6 Å². The maximum atomic E-state index is 5.66. The number of nitrogens with one attached hydrogen (secondary N) is 2. The lowest BCUT2D eigenvalue weighted by atomic mass is 10.1. The SMILES string of the molecule is CCNC(=NCc1cccc(COCCOCC)c1)NCC(C)N1CCOCC1. The van der Waals surface area contributed by atoms with Crippen LogP contribution in [0.2, 0.25) is 0 Å². The van der Waals surface area contributed by atoms with E-state index in [9.17, 15) is 0 Å². The summed E-state index contributed by atoms with van der Waals surface area (Å²) in [7, 11) is 0. The van der Waals surface area contributed by atoms with E-state index in [0.29, 0.717) is 32.4 Å². The molecule has 2 N–H and O–H groups in total. The van der Waals surface area contributed by atoms with Crippen LogP contribution < -0.4 is 10.6 Å². The second-order valence-corrected chi connectivity index (χ2v) is 7.14. The van der Waals surface area contributed by atoms with E-state index in [1.54, 1.807) is 0 Å². The molecule has 1 aromatic carbocycles. The fraction of sp³-hybridized carbons (Fsp3) is 0.682. The third-order valence-electron chi connectivity index (χ3n) is 4.83. The molecule has 29 heavy (non-hydrogen) atoms. The first kappa shape index (κ1) is 23.6. The van der Waals surface area contributed by atoms with Gasteiger partial charge in [-0.2, -0.15) is 0 Å². The van der Waals surface area contributed by atoms with E-state index in [1.807, 2.05) is 6.92 Å². The fourth-order valence-electron chi connectivity index (χ4n) is 3.17. The molecule has 1 aliphatic heterocycles. The minimum atomic E-state index is 0.444. The molecule has 0 saturated carbocycles. The topological polar surface area (TPSA) is 67.4 Å². The smallest absolute Gasteiger partial charge is 0.191 e. The Balaban J connectivity index is 1.81. The van der Waals surface area contributed by atoms with Crippen molar-refractivity contribution >= 4 is 5.96 Å². The van der Waals surface area contributed by atoms with Crippen LogP contribution in [0.25, 0.3) is 0 Å². The van der Waals surface area contributed by atoms with Gasteiger partial charge in [0.05, 0.1) is 39.6 Å². The molecule has 7 nitrogen and oxygen atoms in total. The van der Waals surface area contributed by atoms with Gasteiger partial charge < -0.3 is 24.8 Å². The maximum absolute atomic E-state index is 5.66. The van der Waals surface area contributed by atoms with Crippen LogP contribution in [-0.2, 0) is 27.4 Å². The van der Waals surface area contributed by atoms with Crippen molar-refractivity contribution in [3.63, 3.8) is 0 Å². The summed E-state index contributed by atoms with van der Waals surface area (Å²) in [6, 6.07) is 8.85. The quantitative estimate of drug-likeness (QED) is 0.314. The van der Waals surface area contributed by atoms with Crippen molar-refractivity contribution in [1.82, 2.24) is 15.5 Å². The van der Waals surface area contributed by atoms with Crippen molar-refractivity contribution in [1.29, 1.82) is 0 Å². The lowest BCUT2D eigenvalue weighted by Crippen LogP contribution is -2.49. The van der Waals surface area contributed by atoms with Crippen LogP contribution in [0, 0.1) is 0 Å². The van der Waals surface area contributed by atoms with Crippen LogP contribution in [-0.4, -0.2) is 76.1 Å². The van der Waals surface area contributed by atoms with Crippen LogP contribution >= 0.6 is 0 Å². The normalized spacial score (nSPS) is 16.6. The molecule has 0 aliphatic carbocycles. The van der Waals surface area contributed by atoms with E-state index in [0.717, 1.165) is 57.5 Å². The second-order valence-electron chi connectivity index (χ2n) is 7.14. The molecule has 1 aliphatic rings. The number of hydrogen-bond acceptors (Lipinski definition) is 5. The average molecular weight is 407 g/mol. The highest BCUT2D eigenvalue weighted by molar-refractivity contribution is 5.79. The van der Waals surface area contributed by atoms with Crippen LogP contribution in [0.1, 0.15) is 31.9 Å². The number of hydrogen-bond donors (Lipinski definition) is 2. The molecular weight excluding hydrogens is 368 g/mol. The highest BCUT2D eigenvalue weighted by Crippen LogP contribution is 2.08. The van der Waals surface area contributed by atoms with Gasteiger partial charge in [0.2, 0.25) is 0 Å². The molecule has 164 valence electrons. The molecule has 7 heteroatoms. The number of ether oxygens (including phenoxy) is 3. The van der Waals surface area contributed by atoms with Crippen molar-refractivity contribution in [2.75, 3.05) is 59.2 Å². The summed E-state index contributed by atoms with van der Waals surface area (Å²) in [6.45, 7) is 14.9. The highest BCUT2D eigenvalue weighted by atomic mass is 16.5. The van der Waals surface area contributed by atoms with Gasteiger partial charge in [0, 0.05) is 38.8 Å². The zero-order valence-electron chi connectivity index (χ0n) is 18.3. The Morgan fingerprint density at radius 1 is 1.14 bits per heavy atom. The number of guanidine groups is 1. The number of aliphatic imine (C=N–C) groups is 1. The molecule has 1 heterocycles. The number of rotatable bonds is 12. The largest absolute Gasteiger partial charge is 0.379 e. The van der Waals surface area contributed by atoms with Crippen molar-refractivity contribution in [3.05, 3.63) is 35.4 Å². The predicted molar refractivity (Wildman–Crippen MR) is 117 cm³/mol. The summed E-state index contributed by atoms with van der Waals surface area (Å²) >= 11 is 0. The molecule has 1 atom stereocenters. The zero-order valence-corrected chi connectivity index (χ0v) is 18.3. The van der Waals surface area contributed by atoms with Crippen molar-refractivity contribution in [3.8, 4) is 0 Å². The van der Waals surface area contributed by atoms with Crippen LogP contribution in [0.4, 0.5) is 0 Å². The summed E-state index contributed by atoms with van der Waals surface area (Å²) in [5.74, 6) is 0.853. The minimum absolute atomic E-state index is 0.444. The van der Waals surface area contributed by atoms with Gasteiger partial charge in [-0.15, -0.1) is 0 Å².